The van der Waals surface area contributed by atoms with Gasteiger partial charge in [0.25, 0.3) is 0 Å². The summed E-state index contributed by atoms with van der Waals surface area (Å²) in [5, 5.41) is 10.9. The molecule has 3 aromatic heterocycles. The predicted molar refractivity (Wildman–Crippen MR) is 127 cm³/mol. The third-order valence-electron chi connectivity index (χ3n) is 7.00. The quantitative estimate of drug-likeness (QED) is 0.456. The van der Waals surface area contributed by atoms with Crippen LogP contribution in [0.5, 0.6) is 0 Å². The van der Waals surface area contributed by atoms with E-state index in [1.807, 2.05) is 9.80 Å². The zero-order valence-corrected chi connectivity index (χ0v) is 20.3. The summed E-state index contributed by atoms with van der Waals surface area (Å²) in [7, 11) is 0. The van der Waals surface area contributed by atoms with Crippen molar-refractivity contribution in [3.63, 3.8) is 0 Å². The van der Waals surface area contributed by atoms with E-state index in [-0.39, 0.29) is 29.7 Å². The monoisotopic (exact) mass is 520 g/mol. The molecule has 1 N–H and O–H groups in total. The molecule has 2 aliphatic rings. The molecule has 1 aliphatic carbocycles. The van der Waals surface area contributed by atoms with Gasteiger partial charge in [0, 0.05) is 44.0 Å². The van der Waals surface area contributed by atoms with Crippen molar-refractivity contribution in [1.82, 2.24) is 24.4 Å². The van der Waals surface area contributed by atoms with Crippen molar-refractivity contribution in [2.75, 3.05) is 24.5 Å². The molecule has 0 aromatic carbocycles. The van der Waals surface area contributed by atoms with Crippen molar-refractivity contribution >= 4 is 22.6 Å². The number of piperidine rings is 1. The second-order valence-electron chi connectivity index (χ2n) is 9.99. The average molecular weight is 521 g/mol. The summed E-state index contributed by atoms with van der Waals surface area (Å²) in [6, 6.07) is 2.42. The van der Waals surface area contributed by atoms with E-state index in [0.29, 0.717) is 49.6 Å². The zero-order chi connectivity index (χ0) is 26.3. The number of pyridine rings is 1. The van der Waals surface area contributed by atoms with Gasteiger partial charge in [-0.25, -0.2) is 14.4 Å². The molecule has 3 aromatic rings. The lowest BCUT2D eigenvalue weighted by Gasteiger charge is -2.35. The van der Waals surface area contributed by atoms with E-state index in [1.165, 1.54) is 31.7 Å². The number of aliphatic hydroxyl groups excluding tert-OH is 1. The summed E-state index contributed by atoms with van der Waals surface area (Å²) < 4.78 is 55.7. The Morgan fingerprint density at radius 1 is 1.19 bits per heavy atom. The Kier molecular flexibility index (Phi) is 6.88. The molecular formula is C25H28F4N6O2. The zero-order valence-electron chi connectivity index (χ0n) is 20.3. The molecule has 5 rings (SSSR count). The largest absolute Gasteiger partial charge is 0.433 e. The Bertz CT molecular complexity index is 1270. The maximum absolute atomic E-state index is 15.3. The van der Waals surface area contributed by atoms with E-state index in [4.69, 9.17) is 0 Å². The number of Topliss-reactive ketones (excluding diaryl/α,β-unsaturated/α-hetero) is 1. The Labute approximate surface area is 210 Å². The smallest absolute Gasteiger partial charge is 0.391 e. The van der Waals surface area contributed by atoms with Crippen LogP contribution in [-0.2, 0) is 24.1 Å². The third kappa shape index (κ3) is 5.59. The van der Waals surface area contributed by atoms with Crippen LogP contribution in [0.25, 0.3) is 11.0 Å². The second kappa shape index (κ2) is 9.97. The number of hydrogen-bond donors (Lipinski definition) is 1. The topological polar surface area (TPSA) is 87.4 Å². The number of rotatable bonds is 8. The molecule has 0 spiro atoms. The summed E-state index contributed by atoms with van der Waals surface area (Å²) in [5.41, 5.74) is 0.0000831. The second-order valence-corrected chi connectivity index (χ2v) is 9.99. The highest BCUT2D eigenvalue weighted by Gasteiger charge is 2.35. The number of halogens is 4. The van der Waals surface area contributed by atoms with Gasteiger partial charge in [-0.15, -0.1) is 0 Å². The fraction of sp³-hybridized carbons (Fsp3) is 0.520. The molecule has 1 unspecified atom stereocenters. The number of nitrogens with zero attached hydrogens (tertiary/aromatic N) is 6. The number of carbonyl (C=O) groups excluding carboxylic acids is 1. The van der Waals surface area contributed by atoms with Gasteiger partial charge in [-0.05, 0) is 44.4 Å². The van der Waals surface area contributed by atoms with Crippen molar-refractivity contribution < 1.29 is 27.5 Å². The minimum Gasteiger partial charge on any atom is -0.391 e. The molecule has 0 radical (unpaired) electrons. The van der Waals surface area contributed by atoms with Crippen LogP contribution >= 0.6 is 0 Å². The van der Waals surface area contributed by atoms with Gasteiger partial charge in [0.2, 0.25) is 0 Å². The number of hydrogen-bond acceptors (Lipinski definition) is 7. The van der Waals surface area contributed by atoms with Crippen molar-refractivity contribution in [1.29, 1.82) is 0 Å². The highest BCUT2D eigenvalue weighted by molar-refractivity contribution is 5.89. The molecule has 8 nitrogen and oxygen atoms in total. The van der Waals surface area contributed by atoms with Crippen LogP contribution in [0.1, 0.15) is 37.4 Å². The summed E-state index contributed by atoms with van der Waals surface area (Å²) >= 11 is 0. The number of carbonyl (C=O) groups is 1. The molecule has 4 heterocycles. The van der Waals surface area contributed by atoms with Crippen LogP contribution in [0.4, 0.5) is 23.4 Å². The van der Waals surface area contributed by atoms with Crippen molar-refractivity contribution in [3.05, 3.63) is 47.9 Å². The lowest BCUT2D eigenvalue weighted by atomic mass is 9.93. The van der Waals surface area contributed by atoms with Gasteiger partial charge in [0.05, 0.1) is 18.0 Å². The van der Waals surface area contributed by atoms with Gasteiger partial charge < -0.3 is 14.6 Å². The molecule has 2 fully saturated rings. The van der Waals surface area contributed by atoms with E-state index >= 15 is 4.39 Å². The highest BCUT2D eigenvalue weighted by Crippen LogP contribution is 2.37. The first kappa shape index (κ1) is 25.5. The molecule has 1 aliphatic heterocycles. The number of ketones is 1. The van der Waals surface area contributed by atoms with Crippen LogP contribution in [0.2, 0.25) is 0 Å². The number of anilines is 1. The first-order valence-corrected chi connectivity index (χ1v) is 12.3. The van der Waals surface area contributed by atoms with Crippen LogP contribution in [0.3, 0.4) is 0 Å². The number of aliphatic hydroxyl groups is 1. The Morgan fingerprint density at radius 2 is 1.97 bits per heavy atom. The van der Waals surface area contributed by atoms with Gasteiger partial charge in [0.15, 0.2) is 5.82 Å². The van der Waals surface area contributed by atoms with Crippen LogP contribution < -0.4 is 4.90 Å². The first-order chi connectivity index (χ1) is 17.6. The lowest BCUT2D eigenvalue weighted by molar-refractivity contribution is -0.141. The van der Waals surface area contributed by atoms with Gasteiger partial charge in [0.1, 0.15) is 29.3 Å². The highest BCUT2D eigenvalue weighted by atomic mass is 19.4. The van der Waals surface area contributed by atoms with Crippen LogP contribution in [0.15, 0.2) is 30.9 Å². The number of alkyl halides is 3. The lowest BCUT2D eigenvalue weighted by Crippen LogP contribution is -2.46. The Balaban J connectivity index is 1.38. The summed E-state index contributed by atoms with van der Waals surface area (Å²) in [6.07, 6.45) is 1.13. The molecule has 2 atom stereocenters. The third-order valence-corrected chi connectivity index (χ3v) is 7.00. The summed E-state index contributed by atoms with van der Waals surface area (Å²) in [5.74, 6) is -0.194. The molecule has 1 saturated carbocycles. The minimum atomic E-state index is -4.52. The van der Waals surface area contributed by atoms with E-state index in [9.17, 15) is 23.1 Å². The summed E-state index contributed by atoms with van der Waals surface area (Å²) in [6.45, 7) is 3.46. The van der Waals surface area contributed by atoms with Gasteiger partial charge in [-0.2, -0.15) is 13.2 Å². The van der Waals surface area contributed by atoms with Crippen molar-refractivity contribution in [2.24, 2.45) is 5.92 Å². The molecule has 12 heteroatoms. The maximum Gasteiger partial charge on any atom is 0.433 e. The predicted octanol–water partition coefficient (Wildman–Crippen LogP) is 3.43. The number of fused-ring (bicyclic) bond motifs is 1. The number of aromatic nitrogens is 4. The molecule has 0 amide bonds. The minimum absolute atomic E-state index is 0.0423. The van der Waals surface area contributed by atoms with Crippen molar-refractivity contribution in [3.8, 4) is 0 Å². The molecule has 198 valence electrons. The van der Waals surface area contributed by atoms with Gasteiger partial charge in [-0.1, -0.05) is 6.07 Å². The molecule has 0 bridgehead atoms. The Morgan fingerprint density at radius 3 is 2.59 bits per heavy atom. The molecular weight excluding hydrogens is 492 g/mol. The summed E-state index contributed by atoms with van der Waals surface area (Å²) in [4.78, 5) is 27.5. The van der Waals surface area contributed by atoms with Crippen molar-refractivity contribution in [2.45, 2.75) is 57.6 Å². The standard InChI is InChI=1S/C25H28F4N6O2/c1-15(36)9-33-7-6-17(20(37)13-33)11-34-12-19(26)22-23(34)31-14-32-24(22)35(18-3-4-18)10-16-2-5-21(30-8-16)25(27,28)29/h2,5,8,12,14,17-18,20,37H,3-4,6-7,9-11,13H2,1H3/t17?,20-/m0/s1. The molecule has 37 heavy (non-hydrogen) atoms. The van der Waals surface area contributed by atoms with E-state index < -0.39 is 23.8 Å². The van der Waals surface area contributed by atoms with Crippen LogP contribution in [0, 0.1) is 11.7 Å². The average Bonchev–Trinajstić information content (AvgIpc) is 3.63. The SMILES string of the molecule is CC(=O)CN1CCC(Cn2cc(F)c3c(N(Cc4ccc(C(F)(F)F)nc4)C4CC4)ncnc32)[C@@H](O)C1. The normalized spacial score (nSPS) is 20.9. The van der Waals surface area contributed by atoms with E-state index in [2.05, 4.69) is 15.0 Å². The first-order valence-electron chi connectivity index (χ1n) is 12.3. The van der Waals surface area contributed by atoms with Gasteiger partial charge >= 0.3 is 6.18 Å². The van der Waals surface area contributed by atoms with E-state index in [0.717, 1.165) is 18.9 Å². The van der Waals surface area contributed by atoms with E-state index in [1.54, 1.807) is 4.57 Å². The van der Waals surface area contributed by atoms with Gasteiger partial charge in [-0.3, -0.25) is 14.7 Å². The molecule has 1 saturated heterocycles. The van der Waals surface area contributed by atoms with Crippen LogP contribution in [-0.4, -0.2) is 67.1 Å². The Hall–Kier alpha value is -3.12. The maximum atomic E-state index is 15.3. The fourth-order valence-corrected chi connectivity index (χ4v) is 5.03. The number of likely N-dealkylation sites (tertiary alicyclic amines) is 1. The fourth-order valence-electron chi connectivity index (χ4n) is 5.03. The number of β-amino-alcohol motifs (C(OH)–C–C–N with tert-alkyl or cyclic N) is 1.